The van der Waals surface area contributed by atoms with E-state index in [9.17, 15) is 9.59 Å². The summed E-state index contributed by atoms with van der Waals surface area (Å²) in [6, 6.07) is 8.48. The highest BCUT2D eigenvalue weighted by molar-refractivity contribution is 5.98. The quantitative estimate of drug-likeness (QED) is 0.719. The van der Waals surface area contributed by atoms with E-state index in [1.54, 1.807) is 36.8 Å². The number of nitrogens with one attached hydrogen (secondary N) is 2. The summed E-state index contributed by atoms with van der Waals surface area (Å²) in [5, 5.41) is 2.61. The van der Waals surface area contributed by atoms with Crippen LogP contribution in [0.3, 0.4) is 0 Å². The van der Waals surface area contributed by atoms with Crippen LogP contribution in [0.5, 0.6) is 0 Å². The van der Waals surface area contributed by atoms with E-state index >= 15 is 0 Å². The number of carbonyl (C=O) groups excluding carboxylic acids is 2. The Labute approximate surface area is 138 Å². The Morgan fingerprint density at radius 3 is 2.79 bits per heavy atom. The molecular formula is C17H16N4O3. The van der Waals surface area contributed by atoms with Gasteiger partial charge in [0.1, 0.15) is 5.82 Å². The maximum atomic E-state index is 12.2. The van der Waals surface area contributed by atoms with Gasteiger partial charge in [-0.2, -0.15) is 0 Å². The first-order valence-electron chi connectivity index (χ1n) is 7.40. The Hall–Kier alpha value is -3.22. The molecule has 3 rings (SSSR count). The lowest BCUT2D eigenvalue weighted by Gasteiger charge is -2.13. The standard InChI is InChI=1S/C17H16N4O3/c1-10-3-6-15(18-8-10)21-16(22)11(2)24-17(23)12-4-5-13-14(7-12)20-9-19-13/h3-9,11H,1-2H3,(H,19,20)(H,18,21,22). The fourth-order valence-electron chi connectivity index (χ4n) is 2.11. The number of esters is 1. The first-order chi connectivity index (χ1) is 11.5. The number of imidazole rings is 1. The van der Waals surface area contributed by atoms with Crippen molar-refractivity contribution in [2.45, 2.75) is 20.0 Å². The Morgan fingerprint density at radius 2 is 2.04 bits per heavy atom. The number of hydrogen-bond donors (Lipinski definition) is 2. The summed E-state index contributed by atoms with van der Waals surface area (Å²) < 4.78 is 5.21. The molecule has 1 unspecified atom stereocenters. The molecule has 0 bridgehead atoms. The largest absolute Gasteiger partial charge is 0.449 e. The number of pyridine rings is 1. The normalized spacial score (nSPS) is 11.9. The molecule has 1 atom stereocenters. The third kappa shape index (κ3) is 3.40. The van der Waals surface area contributed by atoms with Gasteiger partial charge in [-0.05, 0) is 43.7 Å². The second-order valence-electron chi connectivity index (χ2n) is 5.39. The van der Waals surface area contributed by atoms with Gasteiger partial charge in [0.05, 0.1) is 22.9 Å². The minimum absolute atomic E-state index is 0.347. The van der Waals surface area contributed by atoms with Crippen molar-refractivity contribution >= 4 is 28.7 Å². The molecule has 7 nitrogen and oxygen atoms in total. The van der Waals surface area contributed by atoms with Gasteiger partial charge in [0.25, 0.3) is 5.91 Å². The molecule has 2 aromatic heterocycles. The van der Waals surface area contributed by atoms with E-state index in [1.165, 1.54) is 6.92 Å². The molecule has 0 aliphatic rings. The molecule has 0 fully saturated rings. The minimum atomic E-state index is -0.946. The van der Waals surface area contributed by atoms with Gasteiger partial charge in [-0.3, -0.25) is 4.79 Å². The highest BCUT2D eigenvalue weighted by Gasteiger charge is 2.19. The van der Waals surface area contributed by atoms with E-state index in [4.69, 9.17) is 4.74 Å². The molecule has 1 amide bonds. The van der Waals surface area contributed by atoms with Crippen molar-refractivity contribution in [2.24, 2.45) is 0 Å². The Bertz CT molecular complexity index is 886. The number of nitrogens with zero attached hydrogens (tertiary/aromatic N) is 2. The molecule has 0 aliphatic carbocycles. The number of aromatic nitrogens is 3. The third-order valence-corrected chi connectivity index (χ3v) is 3.47. The summed E-state index contributed by atoms with van der Waals surface area (Å²) in [6.45, 7) is 3.41. The summed E-state index contributed by atoms with van der Waals surface area (Å²) in [7, 11) is 0. The van der Waals surface area contributed by atoms with Crippen LogP contribution in [-0.4, -0.2) is 32.9 Å². The molecule has 0 spiro atoms. The average molecular weight is 324 g/mol. The van der Waals surface area contributed by atoms with Crippen LogP contribution >= 0.6 is 0 Å². The number of fused-ring (bicyclic) bond motifs is 1. The molecule has 2 heterocycles. The first kappa shape index (κ1) is 15.7. The van der Waals surface area contributed by atoms with Crippen LogP contribution in [0.4, 0.5) is 5.82 Å². The number of hydrogen-bond acceptors (Lipinski definition) is 5. The number of anilines is 1. The lowest BCUT2D eigenvalue weighted by atomic mass is 10.2. The monoisotopic (exact) mass is 324 g/mol. The highest BCUT2D eigenvalue weighted by atomic mass is 16.5. The van der Waals surface area contributed by atoms with Crippen LogP contribution in [0.2, 0.25) is 0 Å². The molecule has 7 heteroatoms. The van der Waals surface area contributed by atoms with E-state index in [2.05, 4.69) is 20.3 Å². The van der Waals surface area contributed by atoms with Crippen molar-refractivity contribution < 1.29 is 14.3 Å². The number of H-pyrrole nitrogens is 1. The van der Waals surface area contributed by atoms with E-state index in [0.717, 1.165) is 16.6 Å². The Kier molecular flexibility index (Phi) is 4.24. The SMILES string of the molecule is Cc1ccc(NC(=O)C(C)OC(=O)c2ccc3nc[nH]c3c2)nc1. The second kappa shape index (κ2) is 6.49. The maximum Gasteiger partial charge on any atom is 0.338 e. The molecule has 0 saturated carbocycles. The molecule has 24 heavy (non-hydrogen) atoms. The molecule has 0 saturated heterocycles. The van der Waals surface area contributed by atoms with Crippen LogP contribution in [0.25, 0.3) is 11.0 Å². The van der Waals surface area contributed by atoms with Gasteiger partial charge < -0.3 is 15.0 Å². The predicted molar refractivity (Wildman–Crippen MR) is 88.6 cm³/mol. The fourth-order valence-corrected chi connectivity index (χ4v) is 2.11. The van der Waals surface area contributed by atoms with Gasteiger partial charge in [-0.1, -0.05) is 6.07 Å². The van der Waals surface area contributed by atoms with E-state index in [1.807, 2.05) is 13.0 Å². The number of amides is 1. The third-order valence-electron chi connectivity index (χ3n) is 3.47. The average Bonchev–Trinajstić information content (AvgIpc) is 3.04. The molecule has 0 aliphatic heterocycles. The molecular weight excluding hydrogens is 308 g/mol. The van der Waals surface area contributed by atoms with Crippen LogP contribution in [0.15, 0.2) is 42.9 Å². The zero-order chi connectivity index (χ0) is 17.1. The van der Waals surface area contributed by atoms with Crippen LogP contribution in [0.1, 0.15) is 22.8 Å². The lowest BCUT2D eigenvalue weighted by molar-refractivity contribution is -0.123. The molecule has 0 radical (unpaired) electrons. The summed E-state index contributed by atoms with van der Waals surface area (Å²) in [6.07, 6.45) is 2.24. The van der Waals surface area contributed by atoms with Crippen molar-refractivity contribution in [2.75, 3.05) is 5.32 Å². The van der Waals surface area contributed by atoms with E-state index in [-0.39, 0.29) is 0 Å². The van der Waals surface area contributed by atoms with Crippen LogP contribution in [0, 0.1) is 6.92 Å². The fraction of sp³-hybridized carbons (Fsp3) is 0.176. The molecule has 1 aromatic carbocycles. The van der Waals surface area contributed by atoms with Gasteiger partial charge in [-0.15, -0.1) is 0 Å². The van der Waals surface area contributed by atoms with Crippen molar-refractivity contribution in [1.82, 2.24) is 15.0 Å². The van der Waals surface area contributed by atoms with Gasteiger partial charge in [0.2, 0.25) is 0 Å². The van der Waals surface area contributed by atoms with Gasteiger partial charge in [-0.25, -0.2) is 14.8 Å². The van der Waals surface area contributed by atoms with Gasteiger partial charge in [0, 0.05) is 6.20 Å². The number of carbonyl (C=O) groups is 2. The number of benzene rings is 1. The zero-order valence-corrected chi connectivity index (χ0v) is 13.2. The van der Waals surface area contributed by atoms with Gasteiger partial charge in [0.15, 0.2) is 6.10 Å². The minimum Gasteiger partial charge on any atom is -0.449 e. The summed E-state index contributed by atoms with van der Waals surface area (Å²) in [4.78, 5) is 35.3. The van der Waals surface area contributed by atoms with E-state index in [0.29, 0.717) is 11.4 Å². The zero-order valence-electron chi connectivity index (χ0n) is 13.2. The van der Waals surface area contributed by atoms with Crippen molar-refractivity contribution in [3.8, 4) is 0 Å². The predicted octanol–water partition coefficient (Wildman–Crippen LogP) is 2.45. The summed E-state index contributed by atoms with van der Waals surface area (Å²) in [5.74, 6) is -0.610. The second-order valence-corrected chi connectivity index (χ2v) is 5.39. The van der Waals surface area contributed by atoms with Crippen molar-refractivity contribution in [1.29, 1.82) is 0 Å². The topological polar surface area (TPSA) is 97.0 Å². The van der Waals surface area contributed by atoms with Gasteiger partial charge >= 0.3 is 5.97 Å². The lowest BCUT2D eigenvalue weighted by Crippen LogP contribution is -2.30. The number of ether oxygens (including phenoxy) is 1. The summed E-state index contributed by atoms with van der Waals surface area (Å²) >= 11 is 0. The number of aryl methyl sites for hydroxylation is 1. The molecule has 2 N–H and O–H groups in total. The maximum absolute atomic E-state index is 12.2. The first-order valence-corrected chi connectivity index (χ1v) is 7.40. The molecule has 3 aromatic rings. The van der Waals surface area contributed by atoms with E-state index < -0.39 is 18.0 Å². The van der Waals surface area contributed by atoms with Crippen LogP contribution < -0.4 is 5.32 Å². The highest BCUT2D eigenvalue weighted by Crippen LogP contribution is 2.13. The molecule has 122 valence electrons. The number of rotatable bonds is 4. The number of aromatic amines is 1. The van der Waals surface area contributed by atoms with Crippen molar-refractivity contribution in [3.63, 3.8) is 0 Å². The Balaban J connectivity index is 1.64. The van der Waals surface area contributed by atoms with Crippen LogP contribution in [-0.2, 0) is 9.53 Å². The smallest absolute Gasteiger partial charge is 0.338 e. The summed E-state index contributed by atoms with van der Waals surface area (Å²) in [5.41, 5.74) is 2.81. The Morgan fingerprint density at radius 1 is 1.21 bits per heavy atom. The van der Waals surface area contributed by atoms with Crippen molar-refractivity contribution in [3.05, 3.63) is 54.0 Å².